The average Bonchev–Trinajstić information content (AvgIpc) is 3.05. The summed E-state index contributed by atoms with van der Waals surface area (Å²) in [6.07, 6.45) is 1.59. The van der Waals surface area contributed by atoms with E-state index in [-0.39, 0.29) is 47.5 Å². The van der Waals surface area contributed by atoms with Crippen molar-refractivity contribution in [2.24, 2.45) is 5.92 Å². The van der Waals surface area contributed by atoms with Gasteiger partial charge in [-0.25, -0.2) is 22.0 Å². The molecule has 1 saturated carbocycles. The molecule has 10 nitrogen and oxygen atoms in total. The SMILES string of the molecule is CO[C@H]1C[C@H]([C@H](c2ccc(F)cc2)[C@H](NC(=O)O)C(=O)Nc2cccc(F)c2CC[C@H]2CN[C@@H]3CCCS(=O)(=O)N2C3)C1. The quantitative estimate of drug-likeness (QED) is 0.319. The lowest BCUT2D eigenvalue weighted by atomic mass is 9.68. The highest BCUT2D eigenvalue weighted by Gasteiger charge is 2.43. The minimum atomic E-state index is -3.42. The smallest absolute Gasteiger partial charge is 0.405 e. The molecule has 13 heteroatoms. The van der Waals surface area contributed by atoms with E-state index in [9.17, 15) is 27.5 Å². The van der Waals surface area contributed by atoms with Gasteiger partial charge in [-0.1, -0.05) is 18.2 Å². The number of ether oxygens (including phenoxy) is 1. The summed E-state index contributed by atoms with van der Waals surface area (Å²) in [4.78, 5) is 25.7. The summed E-state index contributed by atoms with van der Waals surface area (Å²) in [6, 6.07) is 8.35. The highest BCUT2D eigenvalue weighted by atomic mass is 32.2. The third-order valence-electron chi connectivity index (χ3n) is 9.01. The van der Waals surface area contributed by atoms with Gasteiger partial charge in [0, 0.05) is 49.5 Å². The fourth-order valence-corrected chi connectivity index (χ4v) is 8.47. The van der Waals surface area contributed by atoms with Gasteiger partial charge in [0.25, 0.3) is 0 Å². The molecule has 0 radical (unpaired) electrons. The summed E-state index contributed by atoms with van der Waals surface area (Å²) in [5.41, 5.74) is 0.987. The van der Waals surface area contributed by atoms with Crippen LogP contribution in [0.2, 0.25) is 0 Å². The summed E-state index contributed by atoms with van der Waals surface area (Å²) in [5, 5.41) is 18.2. The first-order valence-corrected chi connectivity index (χ1v) is 16.3. The lowest BCUT2D eigenvalue weighted by molar-refractivity contribution is -0.119. The lowest BCUT2D eigenvalue weighted by Crippen LogP contribution is -2.57. The monoisotopic (exact) mass is 620 g/mol. The van der Waals surface area contributed by atoms with Gasteiger partial charge in [0.05, 0.1) is 11.9 Å². The number of carbonyl (C=O) groups is 2. The Balaban J connectivity index is 1.38. The second kappa shape index (κ2) is 13.2. The predicted octanol–water partition coefficient (Wildman–Crippen LogP) is 3.45. The van der Waals surface area contributed by atoms with Crippen LogP contribution in [-0.2, 0) is 26.0 Å². The molecule has 2 bridgehead atoms. The van der Waals surface area contributed by atoms with Crippen LogP contribution in [0.5, 0.6) is 0 Å². The van der Waals surface area contributed by atoms with Crippen molar-refractivity contribution >= 4 is 27.7 Å². The molecular formula is C30H38F2N4O6S. The van der Waals surface area contributed by atoms with Gasteiger partial charge >= 0.3 is 6.09 Å². The van der Waals surface area contributed by atoms with Crippen molar-refractivity contribution < 1.29 is 36.6 Å². The minimum absolute atomic E-state index is 0.0334. The van der Waals surface area contributed by atoms with Crippen LogP contribution < -0.4 is 16.0 Å². The number of hydrogen-bond donors (Lipinski definition) is 4. The zero-order chi connectivity index (χ0) is 30.7. The molecule has 2 aromatic rings. The van der Waals surface area contributed by atoms with E-state index in [0.717, 1.165) is 6.42 Å². The topological polar surface area (TPSA) is 137 Å². The number of nitrogens with one attached hydrogen (secondary N) is 3. The maximum absolute atomic E-state index is 15.2. The molecule has 2 saturated heterocycles. The summed E-state index contributed by atoms with van der Waals surface area (Å²) in [5.74, 6) is -2.36. The van der Waals surface area contributed by atoms with E-state index in [2.05, 4.69) is 16.0 Å². The Morgan fingerprint density at radius 2 is 1.91 bits per heavy atom. The Labute approximate surface area is 250 Å². The molecular weight excluding hydrogens is 582 g/mol. The number of piperazine rings is 1. The van der Waals surface area contributed by atoms with Crippen molar-refractivity contribution in [3.8, 4) is 0 Å². The number of halogens is 2. The maximum atomic E-state index is 15.2. The summed E-state index contributed by atoms with van der Waals surface area (Å²) in [7, 11) is -1.84. The first kappa shape index (κ1) is 31.3. The standard InChI is InChI=1S/C30H38F2N4O6S/c1-42-23-14-19(15-23)27(18-7-9-20(31)10-8-18)28(35-30(38)39)29(37)34-26-6-2-5-25(32)24(26)12-11-22-16-33-21-4-3-13-43(40,41)36(22)17-21/h2,5-10,19,21-23,27-28,33,35H,3-4,11-17H2,1H3,(H,34,37)(H,38,39)/t19-,21-,22+,23-,27+,28+/m1/s1. The number of rotatable bonds is 10. The molecule has 0 spiro atoms. The van der Waals surface area contributed by atoms with E-state index in [0.29, 0.717) is 44.3 Å². The maximum Gasteiger partial charge on any atom is 0.405 e. The Bertz CT molecular complexity index is 1420. The number of carbonyl (C=O) groups excluding carboxylic acids is 1. The van der Waals surface area contributed by atoms with Crippen LogP contribution in [0.1, 0.15) is 49.1 Å². The van der Waals surface area contributed by atoms with Gasteiger partial charge in [-0.2, -0.15) is 4.31 Å². The molecule has 2 amide bonds. The van der Waals surface area contributed by atoms with Gasteiger partial charge in [-0.3, -0.25) is 4.79 Å². The van der Waals surface area contributed by atoms with Crippen molar-refractivity contribution in [2.75, 3.05) is 31.3 Å². The van der Waals surface area contributed by atoms with Crippen LogP contribution in [0, 0.1) is 17.6 Å². The van der Waals surface area contributed by atoms with Gasteiger partial charge in [0.2, 0.25) is 15.9 Å². The van der Waals surface area contributed by atoms with Crippen molar-refractivity contribution in [1.29, 1.82) is 0 Å². The number of anilines is 1. The third-order valence-corrected chi connectivity index (χ3v) is 11.0. The molecule has 4 N–H and O–H groups in total. The fraction of sp³-hybridized carbons (Fsp3) is 0.533. The van der Waals surface area contributed by atoms with E-state index in [1.54, 1.807) is 13.2 Å². The summed E-state index contributed by atoms with van der Waals surface area (Å²) < 4.78 is 61.7. The van der Waals surface area contributed by atoms with Gasteiger partial charge in [0.15, 0.2) is 0 Å². The first-order chi connectivity index (χ1) is 20.6. The molecule has 234 valence electrons. The van der Waals surface area contributed by atoms with Crippen molar-refractivity contribution in [3.05, 3.63) is 65.2 Å². The number of amides is 2. The molecule has 43 heavy (non-hydrogen) atoms. The molecule has 2 heterocycles. The zero-order valence-electron chi connectivity index (χ0n) is 24.0. The number of nitrogens with zero attached hydrogens (tertiary/aromatic N) is 1. The second-order valence-corrected chi connectivity index (χ2v) is 13.7. The highest BCUT2D eigenvalue weighted by molar-refractivity contribution is 7.89. The normalized spacial score (nSPS) is 27.7. The van der Waals surface area contributed by atoms with Crippen LogP contribution in [-0.4, -0.2) is 80.0 Å². The van der Waals surface area contributed by atoms with Gasteiger partial charge in [0.1, 0.15) is 17.7 Å². The first-order valence-electron chi connectivity index (χ1n) is 14.6. The lowest BCUT2D eigenvalue weighted by Gasteiger charge is -2.42. The van der Waals surface area contributed by atoms with E-state index in [1.807, 2.05) is 0 Å². The largest absolute Gasteiger partial charge is 0.465 e. The van der Waals surface area contributed by atoms with Gasteiger partial charge in [-0.05, 0) is 74.3 Å². The molecule has 2 aliphatic heterocycles. The molecule has 3 fully saturated rings. The summed E-state index contributed by atoms with van der Waals surface area (Å²) in [6.45, 7) is 0.833. The molecule has 3 aliphatic rings. The summed E-state index contributed by atoms with van der Waals surface area (Å²) >= 11 is 0. The molecule has 0 aromatic heterocycles. The molecule has 1 aliphatic carbocycles. The molecule has 2 aromatic carbocycles. The average molecular weight is 621 g/mol. The highest BCUT2D eigenvalue weighted by Crippen LogP contribution is 2.43. The Hall–Kier alpha value is -3.13. The fourth-order valence-electron chi connectivity index (χ4n) is 6.66. The predicted molar refractivity (Wildman–Crippen MR) is 156 cm³/mol. The number of benzene rings is 2. The van der Waals surface area contributed by atoms with Crippen LogP contribution >= 0.6 is 0 Å². The number of fused-ring (bicyclic) bond motifs is 2. The van der Waals surface area contributed by atoms with E-state index in [1.165, 1.54) is 40.7 Å². The number of methoxy groups -OCH3 is 1. The van der Waals surface area contributed by atoms with Crippen LogP contribution in [0.4, 0.5) is 19.3 Å². The molecule has 5 atom stereocenters. The van der Waals surface area contributed by atoms with E-state index >= 15 is 4.39 Å². The van der Waals surface area contributed by atoms with Crippen LogP contribution in [0.25, 0.3) is 0 Å². The van der Waals surface area contributed by atoms with Crippen molar-refractivity contribution in [1.82, 2.24) is 14.9 Å². The van der Waals surface area contributed by atoms with Gasteiger partial charge in [-0.15, -0.1) is 0 Å². The van der Waals surface area contributed by atoms with Gasteiger partial charge < -0.3 is 25.8 Å². The van der Waals surface area contributed by atoms with Crippen molar-refractivity contribution in [2.45, 2.75) is 68.7 Å². The van der Waals surface area contributed by atoms with Crippen LogP contribution in [0.3, 0.4) is 0 Å². The van der Waals surface area contributed by atoms with E-state index in [4.69, 9.17) is 4.74 Å². The zero-order valence-corrected chi connectivity index (χ0v) is 24.8. The Morgan fingerprint density at radius 3 is 2.60 bits per heavy atom. The minimum Gasteiger partial charge on any atom is -0.465 e. The molecule has 1 unspecified atom stereocenters. The third kappa shape index (κ3) is 7.17. The van der Waals surface area contributed by atoms with Crippen molar-refractivity contribution in [3.63, 3.8) is 0 Å². The Kier molecular flexibility index (Phi) is 9.64. The van der Waals surface area contributed by atoms with E-state index < -0.39 is 45.6 Å². The Morgan fingerprint density at radius 1 is 1.16 bits per heavy atom. The van der Waals surface area contributed by atoms with Crippen LogP contribution in [0.15, 0.2) is 42.5 Å². The number of carboxylic acid groups (broad SMARTS) is 1. The number of sulfonamides is 1. The second-order valence-electron chi connectivity index (χ2n) is 11.7. The molecule has 5 rings (SSSR count). The number of hydrogen-bond acceptors (Lipinski definition) is 6.